The zero-order valence-electron chi connectivity index (χ0n) is 11.4. The van der Waals surface area contributed by atoms with E-state index < -0.39 is 11.9 Å². The zero-order valence-corrected chi connectivity index (χ0v) is 13.0. The number of amides is 1. The summed E-state index contributed by atoms with van der Waals surface area (Å²) in [7, 11) is 0. The topological polar surface area (TPSA) is 70.5 Å². The van der Waals surface area contributed by atoms with Crippen molar-refractivity contribution >= 4 is 35.0 Å². The Kier molecular flexibility index (Phi) is 5.42. The Morgan fingerprint density at radius 2 is 2.40 bits per heavy atom. The second kappa shape index (κ2) is 7.08. The lowest BCUT2D eigenvalue weighted by Crippen LogP contribution is -2.43. The van der Waals surface area contributed by atoms with Crippen LogP contribution in [0.25, 0.3) is 0 Å². The van der Waals surface area contributed by atoms with E-state index in [0.29, 0.717) is 19.5 Å². The Labute approximate surface area is 126 Å². The molecule has 20 heavy (non-hydrogen) atoms. The molecule has 1 N–H and O–H groups in total. The number of carbonyl (C=O) groups excluding carboxylic acids is 1. The van der Waals surface area contributed by atoms with Gasteiger partial charge in [0.1, 0.15) is 4.34 Å². The molecule has 5 nitrogen and oxygen atoms in total. The number of piperidine rings is 1. The maximum atomic E-state index is 12.2. The lowest BCUT2D eigenvalue weighted by Gasteiger charge is -2.30. The third-order valence-corrected chi connectivity index (χ3v) is 5.21. The Morgan fingerprint density at radius 3 is 3.10 bits per heavy atom. The summed E-state index contributed by atoms with van der Waals surface area (Å²) < 4.78 is 0.984. The summed E-state index contributed by atoms with van der Waals surface area (Å²) in [4.78, 5) is 29.3. The largest absolute Gasteiger partial charge is 0.481 e. The number of hydrogen-bond donors (Lipinski definition) is 1. The summed E-state index contributed by atoms with van der Waals surface area (Å²) in [6.45, 7) is 3.05. The molecule has 1 saturated heterocycles. The molecule has 0 aliphatic carbocycles. The number of carboxylic acids is 1. The minimum Gasteiger partial charge on any atom is -0.481 e. The van der Waals surface area contributed by atoms with E-state index in [2.05, 4.69) is 11.9 Å². The Morgan fingerprint density at radius 1 is 1.60 bits per heavy atom. The number of aromatic nitrogens is 1. The van der Waals surface area contributed by atoms with Gasteiger partial charge in [0.2, 0.25) is 5.91 Å². The Balaban J connectivity index is 1.91. The Bertz CT molecular complexity index is 490. The minimum atomic E-state index is -0.808. The van der Waals surface area contributed by atoms with E-state index in [4.69, 9.17) is 5.11 Å². The third-order valence-electron chi connectivity index (χ3n) is 3.25. The summed E-state index contributed by atoms with van der Waals surface area (Å²) in [5.41, 5.74) is 0.786. The van der Waals surface area contributed by atoms with Gasteiger partial charge in [-0.1, -0.05) is 18.7 Å². The SMILES string of the molecule is CCSc1nc(CC(=O)N2CCCC(C(=O)O)C2)cs1. The molecule has 110 valence electrons. The molecule has 0 spiro atoms. The number of nitrogens with zero attached hydrogens (tertiary/aromatic N) is 2. The number of likely N-dealkylation sites (tertiary alicyclic amines) is 1. The van der Waals surface area contributed by atoms with E-state index in [1.54, 1.807) is 28.0 Å². The highest BCUT2D eigenvalue weighted by molar-refractivity contribution is 8.00. The number of carbonyl (C=O) groups is 2. The van der Waals surface area contributed by atoms with Gasteiger partial charge in [0, 0.05) is 18.5 Å². The summed E-state index contributed by atoms with van der Waals surface area (Å²) in [6.07, 6.45) is 1.69. The van der Waals surface area contributed by atoms with Gasteiger partial charge in [-0.25, -0.2) is 4.98 Å². The highest BCUT2D eigenvalue weighted by atomic mass is 32.2. The van der Waals surface area contributed by atoms with Crippen LogP contribution in [0.1, 0.15) is 25.5 Å². The van der Waals surface area contributed by atoms with Crippen LogP contribution >= 0.6 is 23.1 Å². The molecular formula is C13H18N2O3S2. The number of thiazole rings is 1. The molecule has 1 aromatic rings. The van der Waals surface area contributed by atoms with E-state index in [1.807, 2.05) is 5.38 Å². The maximum Gasteiger partial charge on any atom is 0.308 e. The fourth-order valence-electron chi connectivity index (χ4n) is 2.23. The number of hydrogen-bond acceptors (Lipinski definition) is 5. The molecule has 1 atom stereocenters. The van der Waals surface area contributed by atoms with E-state index in [1.165, 1.54) is 0 Å². The van der Waals surface area contributed by atoms with Crippen molar-refractivity contribution in [3.05, 3.63) is 11.1 Å². The van der Waals surface area contributed by atoms with Crippen molar-refractivity contribution in [3.63, 3.8) is 0 Å². The number of aliphatic carboxylic acids is 1. The molecule has 1 aliphatic heterocycles. The number of carboxylic acid groups (broad SMARTS) is 1. The molecule has 0 saturated carbocycles. The first-order chi connectivity index (χ1) is 9.60. The molecule has 1 fully saturated rings. The van der Waals surface area contributed by atoms with Crippen molar-refractivity contribution in [3.8, 4) is 0 Å². The van der Waals surface area contributed by atoms with Gasteiger partial charge in [-0.3, -0.25) is 9.59 Å². The van der Waals surface area contributed by atoms with Gasteiger partial charge in [0.15, 0.2) is 0 Å². The van der Waals surface area contributed by atoms with E-state index >= 15 is 0 Å². The molecule has 2 heterocycles. The number of thioether (sulfide) groups is 1. The van der Waals surface area contributed by atoms with Crippen LogP contribution in [0.2, 0.25) is 0 Å². The first-order valence-electron chi connectivity index (χ1n) is 6.68. The lowest BCUT2D eigenvalue weighted by molar-refractivity contribution is -0.145. The summed E-state index contributed by atoms with van der Waals surface area (Å²) in [6, 6.07) is 0. The van der Waals surface area contributed by atoms with Crippen LogP contribution in [0.4, 0.5) is 0 Å². The molecule has 1 unspecified atom stereocenters. The van der Waals surface area contributed by atoms with Gasteiger partial charge in [-0.15, -0.1) is 11.3 Å². The van der Waals surface area contributed by atoms with Gasteiger partial charge in [0.05, 0.1) is 18.0 Å². The van der Waals surface area contributed by atoms with Crippen molar-refractivity contribution in [1.29, 1.82) is 0 Å². The smallest absolute Gasteiger partial charge is 0.308 e. The predicted octanol–water partition coefficient (Wildman–Crippen LogP) is 2.12. The molecule has 0 bridgehead atoms. The summed E-state index contributed by atoms with van der Waals surface area (Å²) in [5, 5.41) is 10.9. The molecule has 1 aromatic heterocycles. The summed E-state index contributed by atoms with van der Waals surface area (Å²) in [5.74, 6) is -0.283. The van der Waals surface area contributed by atoms with Gasteiger partial charge in [-0.2, -0.15) is 0 Å². The van der Waals surface area contributed by atoms with Crippen molar-refractivity contribution in [2.45, 2.75) is 30.5 Å². The quantitative estimate of drug-likeness (QED) is 0.843. The fraction of sp³-hybridized carbons (Fsp3) is 0.615. The van der Waals surface area contributed by atoms with Gasteiger partial charge < -0.3 is 10.0 Å². The average molecular weight is 314 g/mol. The second-order valence-corrected chi connectivity index (χ2v) is 7.10. The molecule has 1 amide bonds. The van der Waals surface area contributed by atoms with E-state index in [-0.39, 0.29) is 12.3 Å². The van der Waals surface area contributed by atoms with E-state index in [9.17, 15) is 9.59 Å². The third kappa shape index (κ3) is 3.96. The van der Waals surface area contributed by atoms with Gasteiger partial charge in [-0.05, 0) is 18.6 Å². The van der Waals surface area contributed by atoms with Crippen LogP contribution < -0.4 is 0 Å². The van der Waals surface area contributed by atoms with Gasteiger partial charge >= 0.3 is 5.97 Å². The monoisotopic (exact) mass is 314 g/mol. The number of rotatable bonds is 5. The van der Waals surface area contributed by atoms with Gasteiger partial charge in [0.25, 0.3) is 0 Å². The maximum absolute atomic E-state index is 12.2. The average Bonchev–Trinajstić information content (AvgIpc) is 2.86. The van der Waals surface area contributed by atoms with Crippen LogP contribution in [0.15, 0.2) is 9.72 Å². The molecule has 0 aromatic carbocycles. The Hall–Kier alpha value is -1.08. The molecule has 2 rings (SSSR count). The fourth-order valence-corrected chi connectivity index (χ4v) is 3.97. The first kappa shape index (κ1) is 15.3. The normalized spacial score (nSPS) is 19.1. The van der Waals surface area contributed by atoms with E-state index in [0.717, 1.165) is 22.2 Å². The molecular weight excluding hydrogens is 296 g/mol. The highest BCUT2D eigenvalue weighted by Crippen LogP contribution is 2.23. The highest BCUT2D eigenvalue weighted by Gasteiger charge is 2.28. The van der Waals surface area contributed by atoms with Crippen molar-refractivity contribution in [2.24, 2.45) is 5.92 Å². The first-order valence-corrected chi connectivity index (χ1v) is 8.54. The summed E-state index contributed by atoms with van der Waals surface area (Å²) >= 11 is 3.22. The van der Waals surface area contributed by atoms with Crippen LogP contribution in [0, 0.1) is 5.92 Å². The van der Waals surface area contributed by atoms with Crippen LogP contribution in [-0.4, -0.2) is 45.7 Å². The van der Waals surface area contributed by atoms with Crippen LogP contribution in [0.5, 0.6) is 0 Å². The minimum absolute atomic E-state index is 0.0192. The molecule has 0 radical (unpaired) electrons. The van der Waals surface area contributed by atoms with Crippen LogP contribution in [0.3, 0.4) is 0 Å². The zero-order chi connectivity index (χ0) is 14.5. The predicted molar refractivity (Wildman–Crippen MR) is 79.2 cm³/mol. The molecule has 1 aliphatic rings. The molecule has 7 heteroatoms. The second-order valence-electron chi connectivity index (χ2n) is 4.73. The van der Waals surface area contributed by atoms with Crippen molar-refractivity contribution < 1.29 is 14.7 Å². The van der Waals surface area contributed by atoms with Crippen molar-refractivity contribution in [2.75, 3.05) is 18.8 Å². The van der Waals surface area contributed by atoms with Crippen LogP contribution in [-0.2, 0) is 16.0 Å². The lowest BCUT2D eigenvalue weighted by atomic mass is 9.98. The standard InChI is InChI=1S/C13H18N2O3S2/c1-2-19-13-14-10(8-20-13)6-11(16)15-5-3-4-9(7-15)12(17)18/h8-9H,2-7H2,1H3,(H,17,18). The van der Waals surface area contributed by atoms with Crippen molar-refractivity contribution in [1.82, 2.24) is 9.88 Å².